The van der Waals surface area contributed by atoms with Gasteiger partial charge in [-0.1, -0.05) is 12.2 Å². The van der Waals surface area contributed by atoms with Crippen LogP contribution >= 0.6 is 0 Å². The second-order valence-electron chi connectivity index (χ2n) is 3.22. The summed E-state index contributed by atoms with van der Waals surface area (Å²) in [6.45, 7) is 0. The van der Waals surface area contributed by atoms with Gasteiger partial charge >= 0.3 is 11.9 Å². The van der Waals surface area contributed by atoms with Gasteiger partial charge in [0.05, 0.1) is 12.0 Å². The molecule has 0 aromatic rings. The number of aliphatic carboxylic acids is 2. The first kappa shape index (κ1) is 10.3. The molecule has 0 aliphatic heterocycles. The summed E-state index contributed by atoms with van der Waals surface area (Å²) in [5, 5.41) is 26.1. The summed E-state index contributed by atoms with van der Waals surface area (Å²) in [4.78, 5) is 21.6. The number of nitriles is 1. The van der Waals surface area contributed by atoms with Gasteiger partial charge in [-0.05, 0) is 12.8 Å². The molecule has 0 radical (unpaired) electrons. The van der Waals surface area contributed by atoms with Crippen LogP contribution in [0.2, 0.25) is 0 Å². The molecule has 0 bridgehead atoms. The van der Waals surface area contributed by atoms with Crippen molar-refractivity contribution in [2.45, 2.75) is 12.8 Å². The van der Waals surface area contributed by atoms with E-state index < -0.39 is 17.4 Å². The van der Waals surface area contributed by atoms with Gasteiger partial charge in [-0.3, -0.25) is 9.59 Å². The Bertz CT molecular complexity index is 325. The predicted molar refractivity (Wildman–Crippen MR) is 45.2 cm³/mol. The van der Waals surface area contributed by atoms with Crippen LogP contribution in [0.15, 0.2) is 12.2 Å². The van der Waals surface area contributed by atoms with E-state index in [1.54, 1.807) is 0 Å². The van der Waals surface area contributed by atoms with E-state index in [0.29, 0.717) is 0 Å². The monoisotopic (exact) mass is 195 g/mol. The molecule has 0 heterocycles. The fourth-order valence-corrected chi connectivity index (χ4v) is 1.40. The highest BCUT2D eigenvalue weighted by atomic mass is 16.4. The van der Waals surface area contributed by atoms with Gasteiger partial charge in [0.15, 0.2) is 5.41 Å². The molecule has 0 amide bonds. The van der Waals surface area contributed by atoms with Gasteiger partial charge in [-0.15, -0.1) is 0 Å². The molecule has 14 heavy (non-hydrogen) atoms. The largest absolute Gasteiger partial charge is 0.480 e. The van der Waals surface area contributed by atoms with Crippen molar-refractivity contribution in [3.8, 4) is 6.07 Å². The molecule has 0 fully saturated rings. The third-order valence-electron chi connectivity index (χ3n) is 2.39. The van der Waals surface area contributed by atoms with Crippen LogP contribution in [-0.4, -0.2) is 22.2 Å². The van der Waals surface area contributed by atoms with E-state index in [-0.39, 0.29) is 18.8 Å². The Morgan fingerprint density at radius 3 is 2.29 bits per heavy atom. The lowest BCUT2D eigenvalue weighted by Crippen LogP contribution is -2.39. The molecule has 2 N–H and O–H groups in total. The number of allylic oxidation sites excluding steroid dienone is 1. The van der Waals surface area contributed by atoms with Crippen LogP contribution in [0.25, 0.3) is 0 Å². The molecule has 5 nitrogen and oxygen atoms in total. The lowest BCUT2D eigenvalue weighted by Gasteiger charge is -2.25. The zero-order valence-electron chi connectivity index (χ0n) is 7.30. The molecular weight excluding hydrogens is 186 g/mol. The maximum absolute atomic E-state index is 10.8. The van der Waals surface area contributed by atoms with Gasteiger partial charge in [-0.25, -0.2) is 0 Å². The Labute approximate surface area is 80.3 Å². The Hall–Kier alpha value is -1.83. The van der Waals surface area contributed by atoms with Crippen molar-refractivity contribution in [2.75, 3.05) is 0 Å². The zero-order valence-corrected chi connectivity index (χ0v) is 7.30. The summed E-state index contributed by atoms with van der Waals surface area (Å²) < 4.78 is 0. The van der Waals surface area contributed by atoms with Crippen molar-refractivity contribution >= 4 is 11.9 Å². The number of hydrogen-bond donors (Lipinski definition) is 2. The van der Waals surface area contributed by atoms with Crippen LogP contribution in [0.3, 0.4) is 0 Å². The summed E-state index contributed by atoms with van der Waals surface area (Å²) in [5.41, 5.74) is -1.84. The average molecular weight is 195 g/mol. The maximum Gasteiger partial charge on any atom is 0.324 e. The molecular formula is C9H9NO4. The van der Waals surface area contributed by atoms with Crippen molar-refractivity contribution in [3.63, 3.8) is 0 Å². The first-order valence-corrected chi connectivity index (χ1v) is 4.08. The smallest absolute Gasteiger partial charge is 0.324 e. The minimum atomic E-state index is -1.84. The van der Waals surface area contributed by atoms with E-state index >= 15 is 0 Å². The number of hydrogen-bond acceptors (Lipinski definition) is 3. The Morgan fingerprint density at radius 2 is 2.00 bits per heavy atom. The topological polar surface area (TPSA) is 98.4 Å². The van der Waals surface area contributed by atoms with Gasteiger partial charge < -0.3 is 10.2 Å². The summed E-state index contributed by atoms with van der Waals surface area (Å²) in [7, 11) is 0. The third-order valence-corrected chi connectivity index (χ3v) is 2.39. The minimum absolute atomic E-state index is 0.0353. The lowest BCUT2D eigenvalue weighted by molar-refractivity contribution is -0.161. The van der Waals surface area contributed by atoms with Crippen LogP contribution in [0.4, 0.5) is 0 Å². The van der Waals surface area contributed by atoms with E-state index in [1.165, 1.54) is 6.08 Å². The number of carboxylic acid groups (broad SMARTS) is 2. The summed E-state index contributed by atoms with van der Waals surface area (Å²) in [6.07, 6.45) is 2.69. The molecule has 1 atom stereocenters. The van der Waals surface area contributed by atoms with Crippen LogP contribution < -0.4 is 0 Å². The Balaban J connectivity index is 3.01. The van der Waals surface area contributed by atoms with E-state index in [0.717, 1.165) is 6.08 Å². The normalized spacial score (nSPS) is 23.8. The number of carboxylic acids is 2. The molecule has 1 unspecified atom stereocenters. The highest BCUT2D eigenvalue weighted by Gasteiger charge is 2.45. The molecule has 0 aromatic heterocycles. The molecule has 0 saturated heterocycles. The second-order valence-corrected chi connectivity index (χ2v) is 3.22. The Morgan fingerprint density at radius 1 is 1.43 bits per heavy atom. The van der Waals surface area contributed by atoms with Crippen molar-refractivity contribution in [2.24, 2.45) is 11.3 Å². The third kappa shape index (κ3) is 1.46. The average Bonchev–Trinajstić information content (AvgIpc) is 2.17. The van der Waals surface area contributed by atoms with E-state index in [4.69, 9.17) is 15.5 Å². The lowest BCUT2D eigenvalue weighted by atomic mass is 9.76. The number of rotatable bonds is 2. The van der Waals surface area contributed by atoms with E-state index in [9.17, 15) is 9.59 Å². The van der Waals surface area contributed by atoms with Crippen molar-refractivity contribution in [1.82, 2.24) is 0 Å². The molecule has 0 aromatic carbocycles. The Kier molecular flexibility index (Phi) is 2.56. The van der Waals surface area contributed by atoms with E-state index in [1.807, 2.05) is 6.07 Å². The molecule has 1 aliphatic carbocycles. The van der Waals surface area contributed by atoms with Gasteiger partial charge in [0.2, 0.25) is 0 Å². The first-order chi connectivity index (χ1) is 6.53. The molecule has 1 rings (SSSR count). The van der Waals surface area contributed by atoms with Crippen molar-refractivity contribution in [3.05, 3.63) is 12.2 Å². The fraction of sp³-hybridized carbons (Fsp3) is 0.444. The van der Waals surface area contributed by atoms with Crippen LogP contribution in [0, 0.1) is 22.7 Å². The van der Waals surface area contributed by atoms with Crippen LogP contribution in [-0.2, 0) is 9.59 Å². The van der Waals surface area contributed by atoms with Crippen LogP contribution in [0.5, 0.6) is 0 Å². The summed E-state index contributed by atoms with van der Waals surface area (Å²) >= 11 is 0. The summed E-state index contributed by atoms with van der Waals surface area (Å²) in [5.74, 6) is -3.13. The van der Waals surface area contributed by atoms with Gasteiger partial charge in [0.1, 0.15) is 0 Å². The number of nitrogens with zero attached hydrogens (tertiary/aromatic N) is 1. The van der Waals surface area contributed by atoms with Gasteiger partial charge in [0, 0.05) is 0 Å². The number of carbonyl (C=O) groups is 2. The molecule has 5 heteroatoms. The summed E-state index contributed by atoms with van der Waals surface area (Å²) in [6, 6.07) is 1.95. The van der Waals surface area contributed by atoms with Gasteiger partial charge in [0.25, 0.3) is 0 Å². The fourth-order valence-electron chi connectivity index (χ4n) is 1.40. The maximum atomic E-state index is 10.8. The SMILES string of the molecule is N#CC1C=CC(C(=O)O)(C(=O)O)CC1. The quantitative estimate of drug-likeness (QED) is 0.497. The highest BCUT2D eigenvalue weighted by molar-refractivity contribution is 6.00. The van der Waals surface area contributed by atoms with Gasteiger partial charge in [-0.2, -0.15) is 5.26 Å². The minimum Gasteiger partial charge on any atom is -0.480 e. The highest BCUT2D eigenvalue weighted by Crippen LogP contribution is 2.33. The molecule has 0 saturated carbocycles. The van der Waals surface area contributed by atoms with E-state index in [2.05, 4.69) is 0 Å². The van der Waals surface area contributed by atoms with Crippen molar-refractivity contribution < 1.29 is 19.8 Å². The molecule has 0 spiro atoms. The standard InChI is InChI=1S/C9H9NO4/c10-5-6-1-3-9(4-2-6,7(11)12)8(13)14/h1,3,6H,2,4H2,(H,11,12)(H,13,14). The zero-order chi connectivity index (χ0) is 10.8. The predicted octanol–water partition coefficient (Wildman–Crippen LogP) is 0.632. The van der Waals surface area contributed by atoms with Crippen LogP contribution in [0.1, 0.15) is 12.8 Å². The first-order valence-electron chi connectivity index (χ1n) is 4.08. The van der Waals surface area contributed by atoms with Crippen molar-refractivity contribution in [1.29, 1.82) is 5.26 Å². The molecule has 74 valence electrons. The molecule has 1 aliphatic rings. The second kappa shape index (κ2) is 3.50.